The fourth-order valence-corrected chi connectivity index (χ4v) is 2.19. The summed E-state index contributed by atoms with van der Waals surface area (Å²) in [5.74, 6) is 1.95. The Morgan fingerprint density at radius 1 is 1.53 bits per heavy atom. The van der Waals surface area contributed by atoms with E-state index >= 15 is 0 Å². The molecule has 1 heterocycles. The number of carbonyl (C=O) groups excluding carboxylic acids is 1. The van der Waals surface area contributed by atoms with E-state index in [2.05, 4.69) is 29.5 Å². The molecule has 2 rings (SSSR count). The van der Waals surface area contributed by atoms with E-state index in [1.807, 2.05) is 0 Å². The smallest absolute Gasteiger partial charge is 0.251 e. The molecule has 5 heteroatoms. The Bertz CT molecular complexity index is 464. The van der Waals surface area contributed by atoms with E-state index in [0.717, 1.165) is 25.4 Å². The van der Waals surface area contributed by atoms with Gasteiger partial charge in [0.05, 0.1) is 0 Å². The molecule has 104 valence electrons. The van der Waals surface area contributed by atoms with Gasteiger partial charge in [0.15, 0.2) is 0 Å². The van der Waals surface area contributed by atoms with Crippen molar-refractivity contribution in [2.75, 3.05) is 18.4 Å². The molecule has 4 nitrogen and oxygen atoms in total. The molecule has 1 amide bonds. The molecule has 1 aliphatic rings. The molecule has 1 saturated carbocycles. The Kier molecular flexibility index (Phi) is 4.64. The number of amides is 1. The number of halogens is 1. The van der Waals surface area contributed by atoms with E-state index < -0.39 is 0 Å². The zero-order valence-electron chi connectivity index (χ0n) is 11.4. The second-order valence-corrected chi connectivity index (χ2v) is 5.56. The van der Waals surface area contributed by atoms with E-state index in [-0.39, 0.29) is 5.91 Å². The first-order valence-corrected chi connectivity index (χ1v) is 7.17. The maximum Gasteiger partial charge on any atom is 0.251 e. The summed E-state index contributed by atoms with van der Waals surface area (Å²) in [7, 11) is 0. The summed E-state index contributed by atoms with van der Waals surface area (Å²) in [6.45, 7) is 5.83. The molecule has 0 radical (unpaired) electrons. The van der Waals surface area contributed by atoms with Gasteiger partial charge in [-0.25, -0.2) is 4.98 Å². The van der Waals surface area contributed by atoms with E-state index in [0.29, 0.717) is 22.5 Å². The molecule has 0 aromatic carbocycles. The normalized spacial score (nSPS) is 21.0. The lowest BCUT2D eigenvalue weighted by Gasteiger charge is -2.08. The standard InChI is InChI=1S/C14H20ClN3O/c1-3-4-16-13-7-10(6-12(15)18-13)14(19)17-8-11-5-9(11)2/h6-7,9,11H,3-5,8H2,1-2H3,(H,16,18)(H,17,19). The lowest BCUT2D eigenvalue weighted by Crippen LogP contribution is -2.26. The Balaban J connectivity index is 1.97. The number of anilines is 1. The summed E-state index contributed by atoms with van der Waals surface area (Å²) in [6, 6.07) is 3.34. The van der Waals surface area contributed by atoms with Crippen LogP contribution >= 0.6 is 11.6 Å². The fourth-order valence-electron chi connectivity index (χ4n) is 1.98. The minimum Gasteiger partial charge on any atom is -0.370 e. The van der Waals surface area contributed by atoms with Gasteiger partial charge in [-0.05, 0) is 36.8 Å². The third-order valence-corrected chi connectivity index (χ3v) is 3.61. The molecule has 1 aromatic rings. The van der Waals surface area contributed by atoms with Crippen molar-refractivity contribution in [3.05, 3.63) is 22.8 Å². The molecule has 1 aliphatic carbocycles. The summed E-state index contributed by atoms with van der Waals surface area (Å²) >= 11 is 5.94. The topological polar surface area (TPSA) is 54.0 Å². The first-order chi connectivity index (χ1) is 9.10. The van der Waals surface area contributed by atoms with E-state index in [1.54, 1.807) is 12.1 Å². The van der Waals surface area contributed by atoms with E-state index in [4.69, 9.17) is 11.6 Å². The van der Waals surface area contributed by atoms with Crippen LogP contribution in [-0.4, -0.2) is 24.0 Å². The van der Waals surface area contributed by atoms with Crippen molar-refractivity contribution in [2.24, 2.45) is 11.8 Å². The van der Waals surface area contributed by atoms with Crippen LogP contribution in [0.5, 0.6) is 0 Å². The average molecular weight is 282 g/mol. The molecule has 0 aliphatic heterocycles. The molecule has 19 heavy (non-hydrogen) atoms. The molecule has 0 saturated heterocycles. The van der Waals surface area contributed by atoms with Crippen LogP contribution in [0.4, 0.5) is 5.82 Å². The summed E-state index contributed by atoms with van der Waals surface area (Å²) in [6.07, 6.45) is 2.20. The molecule has 2 unspecified atom stereocenters. The van der Waals surface area contributed by atoms with Crippen LogP contribution in [0.1, 0.15) is 37.0 Å². The van der Waals surface area contributed by atoms with Crippen LogP contribution in [-0.2, 0) is 0 Å². The van der Waals surface area contributed by atoms with Crippen molar-refractivity contribution in [2.45, 2.75) is 26.7 Å². The zero-order valence-corrected chi connectivity index (χ0v) is 12.1. The number of nitrogens with one attached hydrogen (secondary N) is 2. The maximum atomic E-state index is 12.0. The first-order valence-electron chi connectivity index (χ1n) is 6.79. The van der Waals surface area contributed by atoms with Crippen molar-refractivity contribution in [3.8, 4) is 0 Å². The first kappa shape index (κ1) is 14.1. The van der Waals surface area contributed by atoms with Gasteiger partial charge in [0.25, 0.3) is 5.91 Å². The second-order valence-electron chi connectivity index (χ2n) is 5.17. The fraction of sp³-hybridized carbons (Fsp3) is 0.571. The summed E-state index contributed by atoms with van der Waals surface area (Å²) in [5.41, 5.74) is 0.562. The average Bonchev–Trinajstić information content (AvgIpc) is 3.09. The van der Waals surface area contributed by atoms with Gasteiger partial charge in [-0.3, -0.25) is 4.79 Å². The minimum atomic E-state index is -0.0806. The van der Waals surface area contributed by atoms with Gasteiger partial charge in [-0.1, -0.05) is 25.4 Å². The molecule has 1 fully saturated rings. The number of nitrogens with zero attached hydrogens (tertiary/aromatic N) is 1. The highest BCUT2D eigenvalue weighted by atomic mass is 35.5. The van der Waals surface area contributed by atoms with Gasteiger partial charge < -0.3 is 10.6 Å². The van der Waals surface area contributed by atoms with E-state index in [1.165, 1.54) is 6.42 Å². The Labute approximate surface area is 118 Å². The number of pyridine rings is 1. The third-order valence-electron chi connectivity index (χ3n) is 3.41. The maximum absolute atomic E-state index is 12.0. The van der Waals surface area contributed by atoms with Crippen LogP contribution in [0.3, 0.4) is 0 Å². The van der Waals surface area contributed by atoms with Gasteiger partial charge in [0.2, 0.25) is 0 Å². The number of hydrogen-bond acceptors (Lipinski definition) is 3. The molecular weight excluding hydrogens is 262 g/mol. The van der Waals surface area contributed by atoms with Crippen LogP contribution < -0.4 is 10.6 Å². The van der Waals surface area contributed by atoms with Gasteiger partial charge in [-0.15, -0.1) is 0 Å². The molecule has 2 N–H and O–H groups in total. The van der Waals surface area contributed by atoms with Gasteiger partial charge in [0, 0.05) is 18.7 Å². The zero-order chi connectivity index (χ0) is 13.8. The minimum absolute atomic E-state index is 0.0806. The molecular formula is C14H20ClN3O. The number of aromatic nitrogens is 1. The van der Waals surface area contributed by atoms with Crippen LogP contribution in [0.2, 0.25) is 5.15 Å². The monoisotopic (exact) mass is 281 g/mol. The van der Waals surface area contributed by atoms with Gasteiger partial charge in [-0.2, -0.15) is 0 Å². The van der Waals surface area contributed by atoms with E-state index in [9.17, 15) is 4.79 Å². The lowest BCUT2D eigenvalue weighted by atomic mass is 10.2. The van der Waals surface area contributed by atoms with Crippen LogP contribution in [0, 0.1) is 11.8 Å². The quantitative estimate of drug-likeness (QED) is 0.788. The number of rotatable bonds is 6. The Morgan fingerprint density at radius 2 is 2.26 bits per heavy atom. The summed E-state index contributed by atoms with van der Waals surface area (Å²) in [4.78, 5) is 16.2. The van der Waals surface area contributed by atoms with Crippen molar-refractivity contribution < 1.29 is 4.79 Å². The summed E-state index contributed by atoms with van der Waals surface area (Å²) < 4.78 is 0. The van der Waals surface area contributed by atoms with Crippen molar-refractivity contribution in [1.82, 2.24) is 10.3 Å². The lowest BCUT2D eigenvalue weighted by molar-refractivity contribution is 0.0951. The van der Waals surface area contributed by atoms with Gasteiger partial charge in [0.1, 0.15) is 11.0 Å². The van der Waals surface area contributed by atoms with Crippen LogP contribution in [0.15, 0.2) is 12.1 Å². The molecule has 1 aromatic heterocycles. The Morgan fingerprint density at radius 3 is 2.89 bits per heavy atom. The van der Waals surface area contributed by atoms with Gasteiger partial charge >= 0.3 is 0 Å². The predicted octanol–water partition coefficient (Wildman–Crippen LogP) is 2.94. The predicted molar refractivity (Wildman–Crippen MR) is 77.6 cm³/mol. The van der Waals surface area contributed by atoms with Crippen molar-refractivity contribution >= 4 is 23.3 Å². The highest BCUT2D eigenvalue weighted by Gasteiger charge is 2.32. The van der Waals surface area contributed by atoms with Crippen LogP contribution in [0.25, 0.3) is 0 Å². The summed E-state index contributed by atoms with van der Waals surface area (Å²) in [5, 5.41) is 6.43. The largest absolute Gasteiger partial charge is 0.370 e. The number of carbonyl (C=O) groups is 1. The highest BCUT2D eigenvalue weighted by Crippen LogP contribution is 2.36. The number of hydrogen-bond donors (Lipinski definition) is 2. The second kappa shape index (κ2) is 6.24. The Hall–Kier alpha value is -1.29. The SMILES string of the molecule is CCCNc1cc(C(=O)NCC2CC2C)cc(Cl)n1. The third kappa shape index (κ3) is 4.10. The van der Waals surface area contributed by atoms with Crippen molar-refractivity contribution in [1.29, 1.82) is 0 Å². The highest BCUT2D eigenvalue weighted by molar-refractivity contribution is 6.29. The molecule has 2 atom stereocenters. The molecule has 0 spiro atoms. The molecule has 0 bridgehead atoms. The van der Waals surface area contributed by atoms with Crippen molar-refractivity contribution in [3.63, 3.8) is 0 Å².